The van der Waals surface area contributed by atoms with Gasteiger partial charge in [0.2, 0.25) is 0 Å². The summed E-state index contributed by atoms with van der Waals surface area (Å²) in [6, 6.07) is 17.6. The van der Waals surface area contributed by atoms with Gasteiger partial charge >= 0.3 is 5.97 Å². The third-order valence-electron chi connectivity index (χ3n) is 6.24. The molecule has 2 aromatic carbocycles. The number of ether oxygens (including phenoxy) is 2. The third kappa shape index (κ3) is 5.65. The van der Waals surface area contributed by atoms with Crippen LogP contribution in [-0.2, 0) is 16.2 Å². The molecule has 0 aliphatic heterocycles. The normalized spacial score (nSPS) is 15.6. The van der Waals surface area contributed by atoms with E-state index in [4.69, 9.17) is 19.4 Å². The zero-order chi connectivity index (χ0) is 23.9. The zero-order valence-corrected chi connectivity index (χ0v) is 19.6. The molecular formula is C27H30N2O5. The Morgan fingerprint density at radius 1 is 1.12 bits per heavy atom. The minimum atomic E-state index is -1.10. The second-order valence-electron chi connectivity index (χ2n) is 8.59. The molecule has 1 aliphatic rings. The molecule has 0 bridgehead atoms. The second-order valence-corrected chi connectivity index (χ2v) is 8.59. The smallest absolute Gasteiger partial charge is 0.353 e. The number of nitrogens with zero attached hydrogens (tertiary/aromatic N) is 2. The van der Waals surface area contributed by atoms with Gasteiger partial charge in [-0.3, -0.25) is 0 Å². The molecule has 3 aromatic rings. The summed E-state index contributed by atoms with van der Waals surface area (Å²) in [4.78, 5) is 21.7. The van der Waals surface area contributed by atoms with Gasteiger partial charge in [0.15, 0.2) is 11.8 Å². The van der Waals surface area contributed by atoms with Crippen molar-refractivity contribution in [3.8, 4) is 11.5 Å². The highest BCUT2D eigenvalue weighted by Crippen LogP contribution is 2.41. The summed E-state index contributed by atoms with van der Waals surface area (Å²) in [5.74, 6) is 0.424. The first-order valence-corrected chi connectivity index (χ1v) is 11.6. The van der Waals surface area contributed by atoms with E-state index in [1.165, 1.54) is 13.3 Å². The van der Waals surface area contributed by atoms with Crippen molar-refractivity contribution < 1.29 is 24.2 Å². The number of rotatable bonds is 9. The predicted octanol–water partition coefficient (Wildman–Crippen LogP) is 5.92. The average Bonchev–Trinajstić information content (AvgIpc) is 2.88. The Balaban J connectivity index is 1.54. The number of benzene rings is 2. The van der Waals surface area contributed by atoms with Gasteiger partial charge < -0.3 is 19.4 Å². The largest absolute Gasteiger partial charge is 0.496 e. The number of oxime groups is 1. The van der Waals surface area contributed by atoms with Gasteiger partial charge in [0.25, 0.3) is 0 Å². The molecule has 1 unspecified atom stereocenters. The summed E-state index contributed by atoms with van der Waals surface area (Å²) in [6.07, 6.45) is 5.06. The Bertz CT molecular complexity index is 1170. The number of aromatic nitrogens is 1. The lowest BCUT2D eigenvalue weighted by atomic mass is 9.82. The van der Waals surface area contributed by atoms with E-state index < -0.39 is 5.97 Å². The van der Waals surface area contributed by atoms with Gasteiger partial charge in [-0.15, -0.1) is 0 Å². The number of hydrogen-bond acceptors (Lipinski definition) is 6. The predicted molar refractivity (Wildman–Crippen MR) is 130 cm³/mol. The van der Waals surface area contributed by atoms with Crippen LogP contribution in [0.2, 0.25) is 0 Å². The lowest BCUT2D eigenvalue weighted by Crippen LogP contribution is -2.19. The average molecular weight is 463 g/mol. The molecule has 1 N–H and O–H groups in total. The molecule has 1 saturated carbocycles. The van der Waals surface area contributed by atoms with Crippen LogP contribution in [0.5, 0.6) is 11.5 Å². The van der Waals surface area contributed by atoms with Gasteiger partial charge in [-0.2, -0.15) is 0 Å². The van der Waals surface area contributed by atoms with Crippen molar-refractivity contribution in [2.75, 3.05) is 7.11 Å². The number of fused-ring (bicyclic) bond motifs is 1. The van der Waals surface area contributed by atoms with Gasteiger partial charge in [-0.05, 0) is 44.0 Å². The monoisotopic (exact) mass is 462 g/mol. The Hall–Kier alpha value is -3.61. The molecule has 7 heteroatoms. The van der Waals surface area contributed by atoms with Gasteiger partial charge in [-0.25, -0.2) is 9.78 Å². The van der Waals surface area contributed by atoms with Crippen LogP contribution in [0, 0.1) is 5.92 Å². The molecule has 1 heterocycles. The molecule has 4 rings (SSSR count). The highest BCUT2D eigenvalue weighted by Gasteiger charge is 2.30. The first kappa shape index (κ1) is 23.5. The molecule has 1 atom stereocenters. The molecule has 178 valence electrons. The van der Waals surface area contributed by atoms with E-state index in [0.717, 1.165) is 47.8 Å². The standard InChI is InChI=1S/C27H30N2O5/c1-18(27(30)31)29-34-26(20-9-4-3-5-10-20)23-15-14-22(16-25(23)32-2)33-17-21-13-12-19-8-6-7-11-24(19)28-21/h6-8,11-16,20,26H,3-5,9-10,17H2,1-2H3,(H,30,31)/b29-18+. The van der Waals surface area contributed by atoms with Crippen LogP contribution in [0.4, 0.5) is 0 Å². The van der Waals surface area contributed by atoms with Crippen LogP contribution < -0.4 is 9.47 Å². The molecule has 0 radical (unpaired) electrons. The van der Waals surface area contributed by atoms with Gasteiger partial charge in [-0.1, -0.05) is 48.7 Å². The summed E-state index contributed by atoms with van der Waals surface area (Å²) in [5.41, 5.74) is 2.53. The molecule has 0 saturated heterocycles. The Morgan fingerprint density at radius 3 is 2.68 bits per heavy atom. The molecule has 1 aromatic heterocycles. The third-order valence-corrected chi connectivity index (χ3v) is 6.24. The lowest BCUT2D eigenvalue weighted by Gasteiger charge is -2.29. The zero-order valence-electron chi connectivity index (χ0n) is 19.6. The summed E-state index contributed by atoms with van der Waals surface area (Å²) in [6.45, 7) is 1.76. The molecule has 34 heavy (non-hydrogen) atoms. The van der Waals surface area contributed by atoms with Crippen molar-refractivity contribution in [2.24, 2.45) is 11.1 Å². The Labute approximate surface area is 199 Å². The minimum Gasteiger partial charge on any atom is -0.496 e. The van der Waals surface area contributed by atoms with E-state index in [1.54, 1.807) is 7.11 Å². The number of carbonyl (C=O) groups is 1. The maximum Gasteiger partial charge on any atom is 0.353 e. The quantitative estimate of drug-likeness (QED) is 0.313. The van der Waals surface area contributed by atoms with E-state index in [1.807, 2.05) is 54.6 Å². The van der Waals surface area contributed by atoms with Crippen LogP contribution in [0.25, 0.3) is 10.9 Å². The lowest BCUT2D eigenvalue weighted by molar-refractivity contribution is -0.129. The van der Waals surface area contributed by atoms with Crippen molar-refractivity contribution in [1.29, 1.82) is 0 Å². The van der Waals surface area contributed by atoms with Gasteiger partial charge in [0.05, 0.1) is 18.3 Å². The maximum atomic E-state index is 11.2. The fourth-order valence-electron chi connectivity index (χ4n) is 4.37. The van der Waals surface area contributed by atoms with Crippen molar-refractivity contribution in [1.82, 2.24) is 4.98 Å². The van der Waals surface area contributed by atoms with Crippen molar-refractivity contribution in [3.05, 3.63) is 65.9 Å². The number of aliphatic carboxylic acids is 1. The number of carboxylic acid groups (broad SMARTS) is 1. The van der Waals surface area contributed by atoms with Crippen LogP contribution >= 0.6 is 0 Å². The van der Waals surface area contributed by atoms with Crippen LogP contribution in [0.3, 0.4) is 0 Å². The van der Waals surface area contributed by atoms with E-state index in [9.17, 15) is 4.79 Å². The molecule has 0 spiro atoms. The van der Waals surface area contributed by atoms with Crippen LogP contribution in [0.1, 0.15) is 56.4 Å². The molecule has 0 amide bonds. The van der Waals surface area contributed by atoms with Crippen LogP contribution in [-0.4, -0.2) is 28.9 Å². The van der Waals surface area contributed by atoms with E-state index >= 15 is 0 Å². The molecule has 1 fully saturated rings. The summed E-state index contributed by atoms with van der Waals surface area (Å²) >= 11 is 0. The first-order chi connectivity index (χ1) is 16.5. The summed E-state index contributed by atoms with van der Waals surface area (Å²) < 4.78 is 11.7. The minimum absolute atomic E-state index is 0.0809. The number of methoxy groups -OCH3 is 1. The van der Waals surface area contributed by atoms with E-state index in [-0.39, 0.29) is 17.7 Å². The van der Waals surface area contributed by atoms with Crippen LogP contribution in [0.15, 0.2) is 59.8 Å². The highest BCUT2D eigenvalue weighted by atomic mass is 16.6. The molecule has 7 nitrogen and oxygen atoms in total. The fourth-order valence-corrected chi connectivity index (χ4v) is 4.37. The molecule has 1 aliphatic carbocycles. The SMILES string of the molecule is COc1cc(OCc2ccc3ccccc3n2)ccc1C(O/N=C(\C)C(=O)O)C1CCCCC1. The first-order valence-electron chi connectivity index (χ1n) is 11.6. The Kier molecular flexibility index (Phi) is 7.62. The van der Waals surface area contributed by atoms with Crippen molar-refractivity contribution in [3.63, 3.8) is 0 Å². The number of carboxylic acids is 1. The second kappa shape index (κ2) is 11.0. The highest BCUT2D eigenvalue weighted by molar-refractivity contribution is 6.34. The number of hydrogen-bond donors (Lipinski definition) is 1. The topological polar surface area (TPSA) is 90.2 Å². The van der Waals surface area contributed by atoms with Crippen molar-refractivity contribution >= 4 is 22.6 Å². The number of para-hydroxylation sites is 1. The summed E-state index contributed by atoms with van der Waals surface area (Å²) in [5, 5.41) is 14.2. The van der Waals surface area contributed by atoms with E-state index in [2.05, 4.69) is 10.1 Å². The van der Waals surface area contributed by atoms with Crippen molar-refractivity contribution in [2.45, 2.75) is 51.7 Å². The Morgan fingerprint density at radius 2 is 1.91 bits per heavy atom. The van der Waals surface area contributed by atoms with Gasteiger partial charge in [0, 0.05) is 22.9 Å². The maximum absolute atomic E-state index is 11.2. The number of pyridine rings is 1. The summed E-state index contributed by atoms with van der Waals surface area (Å²) in [7, 11) is 1.61. The van der Waals surface area contributed by atoms with Gasteiger partial charge in [0.1, 0.15) is 18.1 Å². The van der Waals surface area contributed by atoms with E-state index in [0.29, 0.717) is 18.1 Å². The molecular weight excluding hydrogens is 432 g/mol. The fraction of sp³-hybridized carbons (Fsp3) is 0.370.